The Hall–Kier alpha value is -3.94. The predicted octanol–water partition coefficient (Wildman–Crippen LogP) is 5.48. The molecule has 1 atom stereocenters. The van der Waals surface area contributed by atoms with Crippen LogP contribution in [0.15, 0.2) is 64.3 Å². The smallest absolute Gasteiger partial charge is 0.270 e. The van der Waals surface area contributed by atoms with Crippen molar-refractivity contribution >= 4 is 51.8 Å². The molecule has 2 saturated heterocycles. The number of aromatic nitrogens is 1. The van der Waals surface area contributed by atoms with Crippen molar-refractivity contribution in [2.75, 3.05) is 36.0 Å². The van der Waals surface area contributed by atoms with Crippen LogP contribution in [-0.2, 0) is 11.3 Å². The second-order valence-electron chi connectivity index (χ2n) is 9.99. The van der Waals surface area contributed by atoms with Crippen LogP contribution >= 0.6 is 24.0 Å². The summed E-state index contributed by atoms with van der Waals surface area (Å²) in [5, 5.41) is 9.89. The van der Waals surface area contributed by atoms with E-state index in [1.807, 2.05) is 44.2 Å². The molecule has 0 saturated carbocycles. The van der Waals surface area contributed by atoms with Gasteiger partial charge in [-0.2, -0.15) is 5.26 Å². The SMILES string of the molecule is CCn1c(N2CCN(c3ccc(F)cc3)CC2)c(/C=C2/SC(=S)N(C(C)c3ccccc3)C2=O)c(C)c(C#N)c1=O. The third kappa shape index (κ3) is 5.39. The summed E-state index contributed by atoms with van der Waals surface area (Å²) >= 11 is 6.88. The van der Waals surface area contributed by atoms with Gasteiger partial charge in [0.2, 0.25) is 0 Å². The second-order valence-corrected chi connectivity index (χ2v) is 11.7. The molecular weight excluding hydrogens is 558 g/mol. The molecule has 1 aromatic heterocycles. The summed E-state index contributed by atoms with van der Waals surface area (Å²) in [6.07, 6.45) is 1.79. The van der Waals surface area contributed by atoms with E-state index in [0.717, 1.165) is 11.3 Å². The number of halogens is 1. The van der Waals surface area contributed by atoms with Crippen molar-refractivity contribution in [2.45, 2.75) is 33.4 Å². The van der Waals surface area contributed by atoms with E-state index in [1.165, 1.54) is 23.9 Å². The number of amides is 1. The van der Waals surface area contributed by atoms with E-state index in [2.05, 4.69) is 15.9 Å². The lowest BCUT2D eigenvalue weighted by Gasteiger charge is -2.39. The van der Waals surface area contributed by atoms with E-state index in [1.54, 1.807) is 34.6 Å². The molecule has 1 unspecified atom stereocenters. The van der Waals surface area contributed by atoms with Gasteiger partial charge in [-0.25, -0.2) is 4.39 Å². The molecule has 2 aromatic carbocycles. The first-order valence-corrected chi connectivity index (χ1v) is 14.7. The van der Waals surface area contributed by atoms with Crippen molar-refractivity contribution < 1.29 is 9.18 Å². The third-order valence-electron chi connectivity index (χ3n) is 7.70. The minimum Gasteiger partial charge on any atom is -0.368 e. The van der Waals surface area contributed by atoms with Crippen LogP contribution in [-0.4, -0.2) is 45.9 Å². The summed E-state index contributed by atoms with van der Waals surface area (Å²) in [6.45, 7) is 8.50. The molecule has 0 radical (unpaired) electrons. The van der Waals surface area contributed by atoms with Gasteiger partial charge in [0.15, 0.2) is 0 Å². The van der Waals surface area contributed by atoms with Gasteiger partial charge in [0.05, 0.1) is 10.9 Å². The van der Waals surface area contributed by atoms with Gasteiger partial charge in [-0.3, -0.25) is 19.1 Å². The maximum absolute atomic E-state index is 13.7. The van der Waals surface area contributed by atoms with E-state index in [0.29, 0.717) is 58.9 Å². The number of piperazine rings is 1. The summed E-state index contributed by atoms with van der Waals surface area (Å²) in [5.74, 6) is 0.213. The Morgan fingerprint density at radius 2 is 1.68 bits per heavy atom. The van der Waals surface area contributed by atoms with Crippen LogP contribution in [0.5, 0.6) is 0 Å². The van der Waals surface area contributed by atoms with Crippen LogP contribution in [0.3, 0.4) is 0 Å². The Labute approximate surface area is 248 Å². The van der Waals surface area contributed by atoms with Crippen LogP contribution in [0.25, 0.3) is 6.08 Å². The molecule has 41 heavy (non-hydrogen) atoms. The molecule has 2 aliphatic rings. The lowest BCUT2D eigenvalue weighted by atomic mass is 10.0. The fourth-order valence-electron chi connectivity index (χ4n) is 5.43. The van der Waals surface area contributed by atoms with E-state index < -0.39 is 0 Å². The molecule has 0 aliphatic carbocycles. The molecule has 7 nitrogen and oxygen atoms in total. The van der Waals surface area contributed by atoms with Crippen molar-refractivity contribution in [1.82, 2.24) is 9.47 Å². The fraction of sp³-hybridized carbons (Fsp3) is 0.290. The van der Waals surface area contributed by atoms with Gasteiger partial charge in [0.1, 0.15) is 27.6 Å². The number of hydrogen-bond acceptors (Lipinski definition) is 7. The van der Waals surface area contributed by atoms with Gasteiger partial charge < -0.3 is 9.80 Å². The Morgan fingerprint density at radius 3 is 2.29 bits per heavy atom. The van der Waals surface area contributed by atoms with E-state index >= 15 is 0 Å². The number of pyridine rings is 1. The number of thioether (sulfide) groups is 1. The average molecular weight is 588 g/mol. The maximum Gasteiger partial charge on any atom is 0.270 e. The normalized spacial score (nSPS) is 17.3. The third-order valence-corrected chi connectivity index (χ3v) is 9.03. The Kier molecular flexibility index (Phi) is 8.29. The highest BCUT2D eigenvalue weighted by atomic mass is 32.2. The van der Waals surface area contributed by atoms with Crippen molar-refractivity contribution in [3.63, 3.8) is 0 Å². The zero-order valence-electron chi connectivity index (χ0n) is 23.1. The molecule has 3 heterocycles. The summed E-state index contributed by atoms with van der Waals surface area (Å²) in [7, 11) is 0. The Bertz CT molecular complexity index is 1620. The number of nitriles is 1. The number of rotatable bonds is 6. The van der Waals surface area contributed by atoms with E-state index in [9.17, 15) is 19.2 Å². The lowest BCUT2D eigenvalue weighted by Crippen LogP contribution is -2.48. The van der Waals surface area contributed by atoms with Gasteiger partial charge >= 0.3 is 0 Å². The highest BCUT2D eigenvalue weighted by Gasteiger charge is 2.37. The van der Waals surface area contributed by atoms with Crippen molar-refractivity contribution in [2.24, 2.45) is 0 Å². The second kappa shape index (κ2) is 11.9. The van der Waals surface area contributed by atoms with Gasteiger partial charge in [0, 0.05) is 44.0 Å². The fourth-order valence-corrected chi connectivity index (χ4v) is 6.83. The Morgan fingerprint density at radius 1 is 1.05 bits per heavy atom. The van der Waals surface area contributed by atoms with Gasteiger partial charge in [-0.1, -0.05) is 54.3 Å². The highest BCUT2D eigenvalue weighted by molar-refractivity contribution is 8.26. The molecule has 5 rings (SSSR count). The molecule has 3 aromatic rings. The molecule has 0 spiro atoms. The molecule has 2 fully saturated rings. The van der Waals surface area contributed by atoms with Crippen LogP contribution in [0.2, 0.25) is 0 Å². The quantitative estimate of drug-likeness (QED) is 0.280. The number of anilines is 2. The van der Waals surface area contributed by atoms with Crippen LogP contribution in [0, 0.1) is 24.1 Å². The number of thiocarbonyl (C=S) groups is 1. The number of nitrogens with zero attached hydrogens (tertiary/aromatic N) is 5. The van der Waals surface area contributed by atoms with Crippen molar-refractivity contribution in [3.8, 4) is 6.07 Å². The lowest BCUT2D eigenvalue weighted by molar-refractivity contribution is -0.123. The monoisotopic (exact) mass is 587 g/mol. The minimum absolute atomic E-state index is 0.0694. The summed E-state index contributed by atoms with van der Waals surface area (Å²) in [5.41, 5.74) is 2.86. The number of carbonyl (C=O) groups is 1. The largest absolute Gasteiger partial charge is 0.368 e. The average Bonchev–Trinajstić information content (AvgIpc) is 3.27. The molecule has 1 amide bonds. The van der Waals surface area contributed by atoms with Crippen LogP contribution in [0.4, 0.5) is 15.9 Å². The van der Waals surface area contributed by atoms with Crippen LogP contribution < -0.4 is 15.4 Å². The van der Waals surface area contributed by atoms with E-state index in [4.69, 9.17) is 12.2 Å². The molecule has 0 N–H and O–H groups in total. The van der Waals surface area contributed by atoms with Crippen molar-refractivity contribution in [1.29, 1.82) is 5.26 Å². The van der Waals surface area contributed by atoms with Crippen molar-refractivity contribution in [3.05, 3.63) is 97.9 Å². The summed E-state index contributed by atoms with van der Waals surface area (Å²) < 4.78 is 15.5. The van der Waals surface area contributed by atoms with Crippen LogP contribution in [0.1, 0.15) is 42.1 Å². The first-order chi connectivity index (χ1) is 19.7. The minimum atomic E-state index is -0.342. The highest BCUT2D eigenvalue weighted by Crippen LogP contribution is 2.40. The summed E-state index contributed by atoms with van der Waals surface area (Å²) in [6, 6.07) is 18.0. The molecular formula is C31H30FN5O2S2. The molecule has 2 aliphatic heterocycles. The number of benzene rings is 2. The predicted molar refractivity (Wildman–Crippen MR) is 167 cm³/mol. The topological polar surface area (TPSA) is 72.6 Å². The van der Waals surface area contributed by atoms with E-state index in [-0.39, 0.29) is 28.9 Å². The maximum atomic E-state index is 13.7. The molecule has 10 heteroatoms. The molecule has 0 bridgehead atoms. The first kappa shape index (κ1) is 28.6. The Balaban J connectivity index is 1.53. The zero-order chi connectivity index (χ0) is 29.3. The zero-order valence-corrected chi connectivity index (χ0v) is 24.8. The number of carbonyl (C=O) groups excluding carboxylic acids is 1. The summed E-state index contributed by atoms with van der Waals surface area (Å²) in [4.78, 5) is 33.5. The van der Waals surface area contributed by atoms with Gasteiger partial charge in [-0.15, -0.1) is 0 Å². The standard InChI is InChI=1S/C31H30FN5O2S2/c1-4-36-28(35-16-14-34(15-17-35)24-12-10-23(32)11-13-24)25(20(2)26(19-33)29(36)38)18-27-30(39)37(31(40)41-27)21(3)22-8-6-5-7-9-22/h5-13,18,21H,4,14-17H2,1-3H3/b27-18+. The number of hydrogen-bond donors (Lipinski definition) is 0. The van der Waals surface area contributed by atoms with Gasteiger partial charge in [-0.05, 0) is 62.2 Å². The molecule has 210 valence electrons. The first-order valence-electron chi connectivity index (χ1n) is 13.5. The van der Waals surface area contributed by atoms with Gasteiger partial charge in [0.25, 0.3) is 11.5 Å².